The maximum Gasteiger partial charge on any atom is 0.198 e. The Morgan fingerprint density at radius 3 is 0.738 bits per heavy atom. The molecule has 0 aliphatic carbocycles. The predicted molar refractivity (Wildman–Crippen MR) is 449 cm³/mol. The van der Waals surface area contributed by atoms with Crippen LogP contribution < -0.4 is 9.97 Å². The molecule has 24 heteroatoms. The first-order chi connectivity index (χ1) is 57.4. The van der Waals surface area contributed by atoms with Crippen LogP contribution in [-0.2, 0) is 46.7 Å². The molecule has 14 aromatic rings. The van der Waals surface area contributed by atoms with E-state index < -0.39 is 206 Å². The van der Waals surface area contributed by atoms with Crippen LogP contribution in [0.4, 0.5) is 81.6 Å². The number of rotatable bonds is 12. The zero-order valence-electron chi connectivity index (χ0n) is 70.2. The minimum atomic E-state index is -2.20. The Balaban J connectivity index is 0.000000175. The molecule has 0 unspecified atom stereocenters. The van der Waals surface area contributed by atoms with Gasteiger partial charge in [-0.25, -0.2) is 70.2 Å². The van der Waals surface area contributed by atoms with Crippen molar-refractivity contribution in [2.45, 2.75) is 159 Å². The summed E-state index contributed by atoms with van der Waals surface area (Å²) < 4.78 is 241. The van der Waals surface area contributed by atoms with E-state index in [1.165, 1.54) is 58.6 Å². The van der Waals surface area contributed by atoms with Crippen molar-refractivity contribution in [1.82, 2.24) is 9.97 Å². The summed E-state index contributed by atoms with van der Waals surface area (Å²) in [5.41, 5.74) is 12.8. The molecule has 0 aliphatic rings. The second-order valence-electron chi connectivity index (χ2n) is 31.6. The minimum Gasteiger partial charge on any atom is -0.665 e. The summed E-state index contributed by atoms with van der Waals surface area (Å²) in [6.07, 6.45) is 0. The smallest absolute Gasteiger partial charge is 0.198 e. The van der Waals surface area contributed by atoms with E-state index in [1.54, 1.807) is 0 Å². The quantitative estimate of drug-likeness (QED) is 0.0552. The van der Waals surface area contributed by atoms with Crippen molar-refractivity contribution in [3.05, 3.63) is 330 Å². The van der Waals surface area contributed by atoms with Gasteiger partial charge in [0.2, 0.25) is 0 Å². The van der Waals surface area contributed by atoms with Gasteiger partial charge in [-0.1, -0.05) is 76.2 Å². The van der Waals surface area contributed by atoms with Gasteiger partial charge in [-0.2, -0.15) is 22.8 Å². The van der Waals surface area contributed by atoms with Crippen LogP contribution in [0.2, 0.25) is 0 Å². The summed E-state index contributed by atoms with van der Waals surface area (Å²) in [6.45, 7) is 37.8. The van der Waals surface area contributed by atoms with Gasteiger partial charge in [-0.15, -0.1) is 0 Å². The molecule has 0 bridgehead atoms. The monoisotopic (exact) mass is 1850 g/mol. The molecule has 122 heavy (non-hydrogen) atoms. The third-order valence-electron chi connectivity index (χ3n) is 20.4. The first-order valence-corrected chi connectivity index (χ1v) is 42.9. The predicted octanol–water partition coefficient (Wildman–Crippen LogP) is 29.3. The van der Waals surface area contributed by atoms with Crippen molar-refractivity contribution >= 4 is 63.3 Å². The molecule has 0 spiro atoms. The van der Waals surface area contributed by atoms with Crippen molar-refractivity contribution < 1.29 is 116 Å². The Labute approximate surface area is 714 Å². The minimum absolute atomic E-state index is 0.000788. The van der Waals surface area contributed by atoms with Gasteiger partial charge in [-0.3, -0.25) is 0 Å². The number of fused-ring (bicyclic) bond motifs is 4. The number of phenols is 2. The van der Waals surface area contributed by atoms with Crippen molar-refractivity contribution in [3.63, 3.8) is 0 Å². The van der Waals surface area contributed by atoms with E-state index >= 15 is 0 Å². The summed E-state index contributed by atoms with van der Waals surface area (Å²) in [6, 6.07) is 50.1. The maximum absolute atomic E-state index is 14.7. The first-order valence-electron chi connectivity index (χ1n) is 38.8. The van der Waals surface area contributed by atoms with Gasteiger partial charge in [0, 0.05) is 65.3 Å². The number of aromatic nitrogens is 2. The second kappa shape index (κ2) is 40.2. The van der Waals surface area contributed by atoms with Gasteiger partial charge in [0.25, 0.3) is 0 Å². The molecule has 14 rings (SSSR count). The molecule has 0 atom stereocenters. The Morgan fingerprint density at radius 2 is 0.508 bits per heavy atom. The van der Waals surface area contributed by atoms with Crippen LogP contribution in [0.1, 0.15) is 174 Å². The summed E-state index contributed by atoms with van der Waals surface area (Å²) in [4.78, 5) is 8.22. The number of hydrogen-bond acceptors (Lipinski definition) is 4. The van der Waals surface area contributed by atoms with Gasteiger partial charge in [0.1, 0.15) is 11.5 Å². The van der Waals surface area contributed by atoms with Crippen LogP contribution in [0, 0.1) is 135 Å². The largest absolute Gasteiger partial charge is 0.665 e. The number of phenolic OH excluding ortho intramolecular Hbond substituents is 2. The fourth-order valence-corrected chi connectivity index (χ4v) is 17.6. The van der Waals surface area contributed by atoms with Crippen LogP contribution in [0.25, 0.3) is 65.3 Å². The van der Waals surface area contributed by atoms with E-state index in [4.69, 9.17) is 6.99 Å². The van der Waals surface area contributed by atoms with Crippen molar-refractivity contribution in [1.29, 1.82) is 0 Å². The van der Waals surface area contributed by atoms with Gasteiger partial charge < -0.3 is 20.2 Å². The maximum atomic E-state index is 14.7. The molecule has 2 aromatic heterocycles. The summed E-state index contributed by atoms with van der Waals surface area (Å²) in [5.74, 6) is -31.4. The average Bonchev–Trinajstić information content (AvgIpc) is 0.917. The molecule has 0 saturated carbocycles. The Kier molecular flexibility index (Phi) is 31.4. The summed E-state index contributed by atoms with van der Waals surface area (Å²) >= 11 is -1.11. The van der Waals surface area contributed by atoms with Gasteiger partial charge in [0.05, 0.1) is 0 Å². The zero-order valence-corrected chi connectivity index (χ0v) is 74.2. The third kappa shape index (κ3) is 20.7. The standard InChI is InChI=1S/2C21H8F8O.2C12H17N.2C10H12.2C6H8N.2Mo/c2*1-6-2-3-7-11(16(24)20(28)18(26)14(7)22)10(6)13-9(30)5-4-8-12(13)17(25)21(29)19(27)15(8)23;2*1-8(2)10-6-5-7-11(9(3)4)12(10)13;2*1-10(2,3)9-7-5-4-6-8-9;2*1-5-3-4-6(2)7-5;;/h2*2-5,30H,1H3;2*5-9H,1-4H3;2*1,4-8H,2-3H3;2*3-4H,1-2H3;;/q;;;;;;2*-1;;. The molecule has 2 heterocycles. The van der Waals surface area contributed by atoms with E-state index in [0.717, 1.165) is 71.3 Å². The normalized spacial score (nSPS) is 11.4. The molecule has 0 aliphatic heterocycles. The molecule has 640 valence electrons. The molecule has 12 aromatic carbocycles. The van der Waals surface area contributed by atoms with E-state index in [1.807, 2.05) is 52.0 Å². The van der Waals surface area contributed by atoms with Crippen LogP contribution in [-0.4, -0.2) is 19.0 Å². The van der Waals surface area contributed by atoms with E-state index in [2.05, 4.69) is 199 Å². The van der Waals surface area contributed by atoms with E-state index in [-0.39, 0.29) is 22.0 Å². The number of benzene rings is 12. The Bertz CT molecular complexity index is 5700. The fourth-order valence-electron chi connectivity index (χ4n) is 13.8. The molecule has 2 N–H and O–H groups in total. The first kappa shape index (κ1) is 95.3. The van der Waals surface area contributed by atoms with Crippen LogP contribution in [0.3, 0.4) is 0 Å². The van der Waals surface area contributed by atoms with Crippen LogP contribution >= 0.6 is 0 Å². The second-order valence-corrected chi connectivity index (χ2v) is 34.7. The van der Waals surface area contributed by atoms with E-state index in [9.17, 15) is 80.5 Å². The van der Waals surface area contributed by atoms with Crippen LogP contribution in [0.15, 0.2) is 177 Å². The SMILES string of the molecule is CC(C)c1cccc(C(C)C)c1[N]=[Mo]=[CH]C(C)(C)c1ccccc1.CC(C)c1cccc(C(C)C)c1[N]=[Mo]=[CH]C(C)(C)c1ccccc1.Cc1ccc(C)[n-]1.Cc1ccc(C)[n-]1.Cc1ccc2c(F)c(F)c(F)c(F)c2c1-c1c(O)ccc2c(F)c(F)c(F)c(F)c12.Cc1ccc2c(F)c(F)c(F)c(F)c2c1-c1c(O)ccc2c(F)c(F)c(F)c(F)c12. The molecule has 0 radical (unpaired) electrons. The van der Waals surface area contributed by atoms with Crippen LogP contribution in [0.5, 0.6) is 11.5 Å². The van der Waals surface area contributed by atoms with Crippen molar-refractivity contribution in [2.24, 2.45) is 6.99 Å². The summed E-state index contributed by atoms with van der Waals surface area (Å²) in [5, 5.41) is 13.8. The molecule has 0 saturated heterocycles. The molecule has 6 nitrogen and oxygen atoms in total. The van der Waals surface area contributed by atoms with Gasteiger partial charge in [-0.05, 0) is 49.2 Å². The Morgan fingerprint density at radius 1 is 0.279 bits per heavy atom. The number of hydrogen-bond donors (Lipinski definition) is 2. The average molecular weight is 1850 g/mol. The van der Waals surface area contributed by atoms with Gasteiger partial charge >= 0.3 is 311 Å². The van der Waals surface area contributed by atoms with Crippen molar-refractivity contribution in [2.75, 3.05) is 0 Å². The molecular weight excluding hydrogens is 1760 g/mol. The molecular formula is C98H90F16Mo2N4O2-2. The number of aromatic hydroxyl groups is 2. The number of nitrogens with zero attached hydrogens (tertiary/aromatic N) is 4. The van der Waals surface area contributed by atoms with Crippen molar-refractivity contribution in [3.8, 4) is 33.8 Å². The fraction of sp³-hybridized carbons (Fsp3) is 0.245. The third-order valence-corrected chi connectivity index (χ3v) is 25.2. The summed E-state index contributed by atoms with van der Waals surface area (Å²) in [7, 11) is 0. The number of aryl methyl sites for hydroxylation is 6. The zero-order chi connectivity index (χ0) is 90.2. The molecule has 0 amide bonds. The topological polar surface area (TPSA) is 93.4 Å². The Hall–Kier alpha value is -10.6. The molecule has 0 fully saturated rings. The number of halogens is 16. The van der Waals surface area contributed by atoms with Gasteiger partial charge in [0.15, 0.2) is 93.1 Å². The van der Waals surface area contributed by atoms with E-state index in [0.29, 0.717) is 23.7 Å².